The Morgan fingerprint density at radius 3 is 2.48 bits per heavy atom. The zero-order chi connectivity index (χ0) is 29.8. The van der Waals surface area contributed by atoms with Gasteiger partial charge in [0.15, 0.2) is 0 Å². The molecule has 222 valence electrons. The van der Waals surface area contributed by atoms with Crippen LogP contribution < -0.4 is 32.7 Å². The minimum absolute atomic E-state index is 0.0129. The zero-order valence-corrected chi connectivity index (χ0v) is 23.7. The molecule has 0 radical (unpaired) electrons. The molecule has 1 aromatic heterocycles. The van der Waals surface area contributed by atoms with Gasteiger partial charge < -0.3 is 42.9 Å². The van der Waals surface area contributed by atoms with Gasteiger partial charge in [-0.1, -0.05) is 19.4 Å². The Kier molecular flexibility index (Phi) is 13.2. The Morgan fingerprint density at radius 1 is 1.15 bits per heavy atom. The summed E-state index contributed by atoms with van der Waals surface area (Å²) >= 11 is 1.54. The molecule has 1 aromatic rings. The van der Waals surface area contributed by atoms with Gasteiger partial charge in [0.2, 0.25) is 17.7 Å². The van der Waals surface area contributed by atoms with Gasteiger partial charge in [-0.3, -0.25) is 19.8 Å². The van der Waals surface area contributed by atoms with E-state index in [0.717, 1.165) is 17.7 Å². The van der Waals surface area contributed by atoms with E-state index in [2.05, 4.69) is 28.2 Å². The maximum absolute atomic E-state index is 13.0. The molecule has 3 amide bonds. The third-order valence-electron chi connectivity index (χ3n) is 6.40. The maximum Gasteiger partial charge on any atom is 0.326 e. The SMILES string of the molecule is CCCc1ccc(CC(NC(=O)CCCNC(=O)C(CC2=CCNC2C(=N)N)NC(=O)C(N)C(C)O)C(=O)O)s1. The average Bonchev–Trinajstić information content (AvgIpc) is 3.54. The van der Waals surface area contributed by atoms with Crippen LogP contribution in [0.1, 0.15) is 49.3 Å². The van der Waals surface area contributed by atoms with Crippen LogP contribution in [0.15, 0.2) is 23.8 Å². The first-order valence-corrected chi connectivity index (χ1v) is 14.1. The van der Waals surface area contributed by atoms with Crippen LogP contribution in [0.4, 0.5) is 0 Å². The predicted molar refractivity (Wildman–Crippen MR) is 152 cm³/mol. The van der Waals surface area contributed by atoms with Gasteiger partial charge in [-0.15, -0.1) is 11.3 Å². The van der Waals surface area contributed by atoms with E-state index in [1.807, 2.05) is 12.1 Å². The largest absolute Gasteiger partial charge is 0.480 e. The molecular weight excluding hydrogens is 538 g/mol. The summed E-state index contributed by atoms with van der Waals surface area (Å²) in [4.78, 5) is 51.6. The first-order valence-electron chi connectivity index (χ1n) is 13.3. The van der Waals surface area contributed by atoms with E-state index < -0.39 is 54.0 Å². The minimum Gasteiger partial charge on any atom is -0.480 e. The Bertz CT molecular complexity index is 1090. The smallest absolute Gasteiger partial charge is 0.326 e. The topological polar surface area (TPSA) is 233 Å². The molecule has 0 saturated heterocycles. The molecule has 14 heteroatoms. The number of amides is 3. The van der Waals surface area contributed by atoms with Gasteiger partial charge in [-0.25, -0.2) is 4.79 Å². The molecule has 5 atom stereocenters. The molecule has 0 fully saturated rings. The normalized spacial score (nSPS) is 17.7. The van der Waals surface area contributed by atoms with Crippen LogP contribution in [0.2, 0.25) is 0 Å². The molecule has 2 heterocycles. The molecule has 11 N–H and O–H groups in total. The first-order chi connectivity index (χ1) is 18.9. The summed E-state index contributed by atoms with van der Waals surface area (Å²) in [7, 11) is 0. The van der Waals surface area contributed by atoms with E-state index in [9.17, 15) is 29.4 Å². The highest BCUT2D eigenvalue weighted by Crippen LogP contribution is 2.20. The predicted octanol–water partition coefficient (Wildman–Crippen LogP) is -0.874. The summed E-state index contributed by atoms with van der Waals surface area (Å²) in [6.45, 7) is 3.98. The number of aliphatic carboxylic acids is 1. The highest BCUT2D eigenvalue weighted by Gasteiger charge is 2.30. The lowest BCUT2D eigenvalue weighted by Crippen LogP contribution is -2.55. The van der Waals surface area contributed by atoms with Crippen molar-refractivity contribution < 1.29 is 29.4 Å². The molecule has 0 spiro atoms. The standard InChI is InChI=1S/C26H41N7O6S/c1-3-5-16-7-8-17(40-16)13-19(26(38)39)32-20(35)6-4-10-31-24(36)18(33-25(37)21(27)14(2)34)12-15-9-11-30-22(15)23(28)29/h7-9,14,18-19,21-22,30,34H,3-6,10-13,27H2,1-2H3,(H3,28,29)(H,31,36)(H,32,35)(H,33,37)(H,38,39). The van der Waals surface area contributed by atoms with E-state index in [0.29, 0.717) is 12.1 Å². The number of carbonyl (C=O) groups excluding carboxylic acids is 3. The van der Waals surface area contributed by atoms with Crippen molar-refractivity contribution in [3.8, 4) is 0 Å². The van der Waals surface area contributed by atoms with Gasteiger partial charge in [0.1, 0.15) is 24.0 Å². The van der Waals surface area contributed by atoms with Crippen molar-refractivity contribution >= 4 is 40.9 Å². The van der Waals surface area contributed by atoms with Crippen molar-refractivity contribution in [2.75, 3.05) is 13.1 Å². The lowest BCUT2D eigenvalue weighted by molar-refractivity contribution is -0.141. The second kappa shape index (κ2) is 16.1. The van der Waals surface area contributed by atoms with Crippen molar-refractivity contribution in [3.05, 3.63) is 33.5 Å². The van der Waals surface area contributed by atoms with Crippen LogP contribution in [0, 0.1) is 5.41 Å². The highest BCUT2D eigenvalue weighted by molar-refractivity contribution is 7.12. The number of hydrogen-bond donors (Lipinski definition) is 9. The van der Waals surface area contributed by atoms with Crippen LogP contribution in [0.5, 0.6) is 0 Å². The first kappa shape index (κ1) is 32.9. The van der Waals surface area contributed by atoms with Crippen molar-refractivity contribution in [3.63, 3.8) is 0 Å². The molecule has 1 aliphatic heterocycles. The number of aliphatic hydroxyl groups excluding tert-OH is 1. The quantitative estimate of drug-likeness (QED) is 0.0482. The second-order valence-electron chi connectivity index (χ2n) is 9.78. The van der Waals surface area contributed by atoms with Crippen LogP contribution in [0.25, 0.3) is 0 Å². The number of aryl methyl sites for hydroxylation is 1. The zero-order valence-electron chi connectivity index (χ0n) is 22.9. The van der Waals surface area contributed by atoms with Gasteiger partial charge in [-0.2, -0.15) is 0 Å². The van der Waals surface area contributed by atoms with Crippen LogP contribution >= 0.6 is 11.3 Å². The van der Waals surface area contributed by atoms with Crippen LogP contribution in [-0.4, -0.2) is 83.1 Å². The number of carbonyl (C=O) groups is 4. The summed E-state index contributed by atoms with van der Waals surface area (Å²) < 4.78 is 0. The van der Waals surface area contributed by atoms with E-state index in [4.69, 9.17) is 16.9 Å². The number of carboxylic acid groups (broad SMARTS) is 1. The van der Waals surface area contributed by atoms with E-state index >= 15 is 0 Å². The highest BCUT2D eigenvalue weighted by atomic mass is 32.1. The number of aliphatic hydroxyl groups is 1. The Hall–Kier alpha value is -3.33. The fourth-order valence-electron chi connectivity index (χ4n) is 4.16. The molecule has 1 aliphatic rings. The third kappa shape index (κ3) is 10.3. The fraction of sp³-hybridized carbons (Fsp3) is 0.577. The summed E-state index contributed by atoms with van der Waals surface area (Å²) in [6, 6.07) is -0.0636. The second-order valence-corrected chi connectivity index (χ2v) is 11.0. The lowest BCUT2D eigenvalue weighted by atomic mass is 9.99. The van der Waals surface area contributed by atoms with Crippen molar-refractivity contribution in [2.45, 2.75) is 82.6 Å². The number of rotatable bonds is 17. The Morgan fingerprint density at radius 2 is 1.85 bits per heavy atom. The fourth-order valence-corrected chi connectivity index (χ4v) is 5.33. The molecule has 0 bridgehead atoms. The lowest BCUT2D eigenvalue weighted by Gasteiger charge is -2.24. The number of carboxylic acids is 1. The maximum atomic E-state index is 13.0. The Balaban J connectivity index is 1.90. The van der Waals surface area contributed by atoms with Gasteiger partial charge in [0.05, 0.1) is 12.1 Å². The molecule has 40 heavy (non-hydrogen) atoms. The number of amidine groups is 1. The molecule has 0 aliphatic carbocycles. The molecule has 5 unspecified atom stereocenters. The molecule has 0 saturated carbocycles. The summed E-state index contributed by atoms with van der Waals surface area (Å²) in [5, 5.41) is 37.7. The van der Waals surface area contributed by atoms with Gasteiger partial charge >= 0.3 is 5.97 Å². The molecular formula is C26H41N7O6S. The molecule has 0 aromatic carbocycles. The molecule has 13 nitrogen and oxygen atoms in total. The summed E-state index contributed by atoms with van der Waals surface area (Å²) in [6.07, 6.45) is 3.04. The molecule has 2 rings (SSSR count). The van der Waals surface area contributed by atoms with E-state index in [1.54, 1.807) is 6.08 Å². The van der Waals surface area contributed by atoms with E-state index in [1.165, 1.54) is 23.1 Å². The van der Waals surface area contributed by atoms with Gasteiger partial charge in [-0.05, 0) is 43.9 Å². The van der Waals surface area contributed by atoms with Crippen LogP contribution in [-0.2, 0) is 32.0 Å². The van der Waals surface area contributed by atoms with Gasteiger partial charge in [0.25, 0.3) is 0 Å². The number of nitrogens with one attached hydrogen (secondary N) is 5. The Labute approximate surface area is 237 Å². The van der Waals surface area contributed by atoms with Gasteiger partial charge in [0, 0.05) is 35.7 Å². The number of nitrogens with two attached hydrogens (primary N) is 2. The minimum atomic E-state index is -1.24. The summed E-state index contributed by atoms with van der Waals surface area (Å²) in [5.41, 5.74) is 12.0. The van der Waals surface area contributed by atoms with Crippen LogP contribution in [0.3, 0.4) is 0 Å². The summed E-state index contributed by atoms with van der Waals surface area (Å²) in [5.74, 6) is -2.95. The number of hydrogen-bond acceptors (Lipinski definition) is 9. The average molecular weight is 580 g/mol. The van der Waals surface area contributed by atoms with Crippen molar-refractivity contribution in [1.82, 2.24) is 21.3 Å². The monoisotopic (exact) mass is 579 g/mol. The third-order valence-corrected chi connectivity index (χ3v) is 7.56. The number of thiophene rings is 1. The van der Waals surface area contributed by atoms with Crippen molar-refractivity contribution in [2.24, 2.45) is 11.5 Å². The van der Waals surface area contributed by atoms with E-state index in [-0.39, 0.29) is 38.1 Å². The van der Waals surface area contributed by atoms with Crippen molar-refractivity contribution in [1.29, 1.82) is 5.41 Å².